The number of phenolic OH excluding ortho intramolecular Hbond substituents is 1. The number of hydrogen-bond donors (Lipinski definition) is 2. The first-order chi connectivity index (χ1) is 12.4. The van der Waals surface area contributed by atoms with Gasteiger partial charge in [0.1, 0.15) is 5.75 Å². The van der Waals surface area contributed by atoms with Crippen molar-refractivity contribution in [2.24, 2.45) is 0 Å². The SMILES string of the molecule is CNCCCN1CSC(=Cc2cc(C(C)(C)C)c(O)c(C(C)(C)C)c2)C1=O. The summed E-state index contributed by atoms with van der Waals surface area (Å²) in [4.78, 5) is 15.4. The second-order valence-corrected chi connectivity index (χ2v) is 10.3. The molecule has 5 heteroatoms. The minimum atomic E-state index is -0.176. The van der Waals surface area contributed by atoms with Crippen LogP contribution >= 0.6 is 11.8 Å². The topological polar surface area (TPSA) is 52.6 Å². The number of rotatable bonds is 5. The van der Waals surface area contributed by atoms with Gasteiger partial charge in [-0.05, 0) is 54.6 Å². The molecule has 1 amide bonds. The highest BCUT2D eigenvalue weighted by molar-refractivity contribution is 8.04. The Labute approximate surface area is 168 Å². The highest BCUT2D eigenvalue weighted by Crippen LogP contribution is 2.41. The molecule has 0 aliphatic carbocycles. The van der Waals surface area contributed by atoms with Crippen LogP contribution in [0.25, 0.3) is 6.08 Å². The molecule has 2 N–H and O–H groups in total. The molecule has 1 aliphatic heterocycles. The van der Waals surface area contributed by atoms with E-state index in [2.05, 4.69) is 46.9 Å². The predicted molar refractivity (Wildman–Crippen MR) is 116 cm³/mol. The average Bonchev–Trinajstić information content (AvgIpc) is 2.87. The van der Waals surface area contributed by atoms with Crippen LogP contribution in [0.5, 0.6) is 5.75 Å². The van der Waals surface area contributed by atoms with Gasteiger partial charge in [-0.1, -0.05) is 53.3 Å². The van der Waals surface area contributed by atoms with Gasteiger partial charge in [0.2, 0.25) is 0 Å². The molecule has 1 fully saturated rings. The van der Waals surface area contributed by atoms with Crippen molar-refractivity contribution in [2.45, 2.75) is 58.8 Å². The number of thioether (sulfide) groups is 1. The summed E-state index contributed by atoms with van der Waals surface area (Å²) in [5, 5.41) is 14.0. The summed E-state index contributed by atoms with van der Waals surface area (Å²) in [5.74, 6) is 1.19. The molecular weight excluding hydrogens is 356 g/mol. The largest absolute Gasteiger partial charge is 0.507 e. The summed E-state index contributed by atoms with van der Waals surface area (Å²) in [5.41, 5.74) is 2.47. The molecule has 0 atom stereocenters. The normalized spacial score (nSPS) is 17.2. The van der Waals surface area contributed by atoms with E-state index in [0.717, 1.165) is 41.1 Å². The van der Waals surface area contributed by atoms with Crippen LogP contribution in [0.15, 0.2) is 17.0 Å². The molecule has 0 radical (unpaired) electrons. The maximum atomic E-state index is 12.7. The van der Waals surface area contributed by atoms with E-state index in [0.29, 0.717) is 11.6 Å². The lowest BCUT2D eigenvalue weighted by atomic mass is 9.78. The Hall–Kier alpha value is -1.46. The van der Waals surface area contributed by atoms with Crippen LogP contribution in [0.4, 0.5) is 0 Å². The fourth-order valence-corrected chi connectivity index (χ4v) is 4.19. The van der Waals surface area contributed by atoms with Gasteiger partial charge in [-0.2, -0.15) is 0 Å². The standard InChI is InChI=1S/C22H34N2O2S/c1-21(2,3)16-11-15(12-17(19(16)25)22(4,5)6)13-18-20(26)24(14-27-18)10-8-9-23-7/h11-13,23,25H,8-10,14H2,1-7H3. The zero-order chi connectivity index (χ0) is 20.4. The summed E-state index contributed by atoms with van der Waals surface area (Å²) in [6.45, 7) is 14.3. The zero-order valence-corrected chi connectivity index (χ0v) is 18.6. The third-order valence-corrected chi connectivity index (χ3v) is 5.82. The fraction of sp³-hybridized carbons (Fsp3) is 0.591. The quantitative estimate of drug-likeness (QED) is 0.575. The molecular formula is C22H34N2O2S. The van der Waals surface area contributed by atoms with Gasteiger partial charge in [0.05, 0.1) is 10.8 Å². The van der Waals surface area contributed by atoms with E-state index in [1.807, 2.05) is 30.2 Å². The number of carbonyl (C=O) groups excluding carboxylic acids is 1. The van der Waals surface area contributed by atoms with Crippen LogP contribution in [-0.4, -0.2) is 41.9 Å². The monoisotopic (exact) mass is 390 g/mol. The lowest BCUT2D eigenvalue weighted by Gasteiger charge is -2.28. The Morgan fingerprint density at radius 2 is 1.70 bits per heavy atom. The summed E-state index contributed by atoms with van der Waals surface area (Å²) in [6.07, 6.45) is 2.94. The van der Waals surface area contributed by atoms with E-state index in [4.69, 9.17) is 0 Å². The minimum absolute atomic E-state index is 0.110. The van der Waals surface area contributed by atoms with Crippen LogP contribution < -0.4 is 5.32 Å². The van der Waals surface area contributed by atoms with Gasteiger partial charge >= 0.3 is 0 Å². The number of hydrogen-bond acceptors (Lipinski definition) is 4. The maximum Gasteiger partial charge on any atom is 0.261 e. The molecule has 1 aliphatic rings. The molecule has 1 aromatic carbocycles. The second kappa shape index (κ2) is 8.27. The van der Waals surface area contributed by atoms with Gasteiger partial charge in [0.25, 0.3) is 5.91 Å². The molecule has 2 rings (SSSR count). The molecule has 1 saturated heterocycles. The van der Waals surface area contributed by atoms with Gasteiger partial charge in [-0.15, -0.1) is 0 Å². The van der Waals surface area contributed by atoms with Crippen molar-refractivity contribution < 1.29 is 9.90 Å². The number of amides is 1. The smallest absolute Gasteiger partial charge is 0.261 e. The molecule has 150 valence electrons. The number of nitrogens with one attached hydrogen (secondary N) is 1. The Bertz CT molecular complexity index is 692. The third kappa shape index (κ3) is 5.29. The summed E-state index contributed by atoms with van der Waals surface area (Å²) in [6, 6.07) is 4.05. The molecule has 0 unspecified atom stereocenters. The number of nitrogens with zero attached hydrogens (tertiary/aromatic N) is 1. The van der Waals surface area contributed by atoms with Crippen LogP contribution in [-0.2, 0) is 15.6 Å². The number of carbonyl (C=O) groups is 1. The van der Waals surface area contributed by atoms with Crippen LogP contribution in [0.1, 0.15) is 64.7 Å². The molecule has 1 aromatic rings. The van der Waals surface area contributed by atoms with Crippen molar-refractivity contribution in [3.63, 3.8) is 0 Å². The predicted octanol–water partition coefficient (Wildman–Crippen LogP) is 4.47. The van der Waals surface area contributed by atoms with E-state index in [-0.39, 0.29) is 16.7 Å². The average molecular weight is 391 g/mol. The Balaban J connectivity index is 2.39. The number of aromatic hydroxyl groups is 1. The van der Waals surface area contributed by atoms with Gasteiger partial charge in [0, 0.05) is 17.7 Å². The van der Waals surface area contributed by atoms with Crippen molar-refractivity contribution in [3.8, 4) is 5.75 Å². The highest BCUT2D eigenvalue weighted by Gasteiger charge is 2.28. The van der Waals surface area contributed by atoms with Crippen LogP contribution in [0.2, 0.25) is 0 Å². The lowest BCUT2D eigenvalue weighted by Crippen LogP contribution is -2.28. The van der Waals surface area contributed by atoms with Crippen molar-refractivity contribution >= 4 is 23.7 Å². The van der Waals surface area contributed by atoms with Crippen LogP contribution in [0, 0.1) is 0 Å². The molecule has 4 nitrogen and oxygen atoms in total. The van der Waals surface area contributed by atoms with E-state index in [1.54, 1.807) is 11.8 Å². The first-order valence-electron chi connectivity index (χ1n) is 9.61. The molecule has 0 aromatic heterocycles. The van der Waals surface area contributed by atoms with Gasteiger partial charge in [-0.3, -0.25) is 4.79 Å². The molecule has 0 saturated carbocycles. The molecule has 0 spiro atoms. The van der Waals surface area contributed by atoms with E-state index in [9.17, 15) is 9.90 Å². The molecule has 1 heterocycles. The summed E-state index contributed by atoms with van der Waals surface area (Å²) >= 11 is 1.60. The van der Waals surface area contributed by atoms with Gasteiger partial charge < -0.3 is 15.3 Å². The first-order valence-corrected chi connectivity index (χ1v) is 10.6. The van der Waals surface area contributed by atoms with Gasteiger partial charge in [-0.25, -0.2) is 0 Å². The number of benzene rings is 1. The van der Waals surface area contributed by atoms with Crippen LogP contribution in [0.3, 0.4) is 0 Å². The van der Waals surface area contributed by atoms with E-state index < -0.39 is 0 Å². The summed E-state index contributed by atoms with van der Waals surface area (Å²) < 4.78 is 0. The minimum Gasteiger partial charge on any atom is -0.507 e. The molecule has 27 heavy (non-hydrogen) atoms. The Kier molecular flexibility index (Phi) is 6.69. The molecule has 0 bridgehead atoms. The highest BCUT2D eigenvalue weighted by atomic mass is 32.2. The second-order valence-electron chi connectivity index (χ2n) is 9.27. The zero-order valence-electron chi connectivity index (χ0n) is 17.8. The fourth-order valence-electron chi connectivity index (χ4n) is 3.17. The first kappa shape index (κ1) is 21.8. The summed E-state index contributed by atoms with van der Waals surface area (Å²) in [7, 11) is 1.93. The van der Waals surface area contributed by atoms with E-state index in [1.165, 1.54) is 0 Å². The third-order valence-electron chi connectivity index (χ3n) is 4.77. The van der Waals surface area contributed by atoms with Crippen molar-refractivity contribution in [1.29, 1.82) is 0 Å². The maximum absolute atomic E-state index is 12.7. The van der Waals surface area contributed by atoms with E-state index >= 15 is 0 Å². The van der Waals surface area contributed by atoms with Crippen molar-refractivity contribution in [1.82, 2.24) is 10.2 Å². The Morgan fingerprint density at radius 3 is 2.19 bits per heavy atom. The lowest BCUT2D eigenvalue weighted by molar-refractivity contribution is -0.124. The van der Waals surface area contributed by atoms with Crippen molar-refractivity contribution in [3.05, 3.63) is 33.7 Å². The Morgan fingerprint density at radius 1 is 1.15 bits per heavy atom. The van der Waals surface area contributed by atoms with Crippen molar-refractivity contribution in [2.75, 3.05) is 26.0 Å². The van der Waals surface area contributed by atoms with Gasteiger partial charge in [0.15, 0.2) is 0 Å². The number of phenols is 1.